The van der Waals surface area contributed by atoms with Gasteiger partial charge < -0.3 is 10.0 Å². The summed E-state index contributed by atoms with van der Waals surface area (Å²) in [6, 6.07) is 16.4. The maximum Gasteiger partial charge on any atom is 0.132 e. The van der Waals surface area contributed by atoms with Gasteiger partial charge in [0.25, 0.3) is 0 Å². The Morgan fingerprint density at radius 1 is 1.12 bits per heavy atom. The number of benzene rings is 2. The molecule has 0 saturated carbocycles. The van der Waals surface area contributed by atoms with Crippen molar-refractivity contribution in [3.05, 3.63) is 77.7 Å². The van der Waals surface area contributed by atoms with E-state index in [9.17, 15) is 9.50 Å². The number of aliphatic hydroxyl groups excluding tert-OH is 1. The SMILES string of the molecule is CN(CCC(O)c1ccccc1)Cc1cn(C)nc1-c1ccccc1F. The van der Waals surface area contributed by atoms with Gasteiger partial charge in [-0.1, -0.05) is 42.5 Å². The zero-order valence-electron chi connectivity index (χ0n) is 15.1. The van der Waals surface area contributed by atoms with Crippen molar-refractivity contribution in [3.8, 4) is 11.3 Å². The first-order valence-corrected chi connectivity index (χ1v) is 8.73. The first-order chi connectivity index (χ1) is 12.5. The summed E-state index contributed by atoms with van der Waals surface area (Å²) in [5.74, 6) is -0.269. The Labute approximate surface area is 153 Å². The molecule has 0 spiro atoms. The molecule has 0 aliphatic rings. The van der Waals surface area contributed by atoms with Crippen LogP contribution in [-0.4, -0.2) is 33.4 Å². The molecule has 26 heavy (non-hydrogen) atoms. The molecule has 0 amide bonds. The van der Waals surface area contributed by atoms with Crippen LogP contribution < -0.4 is 0 Å². The quantitative estimate of drug-likeness (QED) is 0.703. The third kappa shape index (κ3) is 4.36. The molecule has 2 aromatic carbocycles. The van der Waals surface area contributed by atoms with Gasteiger partial charge in [-0.15, -0.1) is 0 Å². The first kappa shape index (κ1) is 18.3. The van der Waals surface area contributed by atoms with Gasteiger partial charge >= 0.3 is 0 Å². The van der Waals surface area contributed by atoms with Crippen LogP contribution in [0.1, 0.15) is 23.7 Å². The molecule has 1 N–H and O–H groups in total. The third-order valence-electron chi connectivity index (χ3n) is 4.44. The Balaban J connectivity index is 1.67. The second kappa shape index (κ2) is 8.25. The Kier molecular flexibility index (Phi) is 5.81. The van der Waals surface area contributed by atoms with Gasteiger partial charge in [-0.25, -0.2) is 4.39 Å². The summed E-state index contributed by atoms with van der Waals surface area (Å²) in [6.45, 7) is 1.36. The van der Waals surface area contributed by atoms with E-state index in [2.05, 4.69) is 10.00 Å². The smallest absolute Gasteiger partial charge is 0.132 e. The number of hydrogen-bond acceptors (Lipinski definition) is 3. The van der Waals surface area contributed by atoms with Crippen molar-refractivity contribution < 1.29 is 9.50 Å². The lowest BCUT2D eigenvalue weighted by molar-refractivity contribution is 0.147. The van der Waals surface area contributed by atoms with Gasteiger partial charge in [0.2, 0.25) is 0 Å². The van der Waals surface area contributed by atoms with E-state index in [1.807, 2.05) is 56.7 Å². The molecule has 4 nitrogen and oxygen atoms in total. The second-order valence-corrected chi connectivity index (χ2v) is 6.61. The fourth-order valence-electron chi connectivity index (χ4n) is 3.09. The molecule has 0 fully saturated rings. The van der Waals surface area contributed by atoms with Crippen molar-refractivity contribution in [1.29, 1.82) is 0 Å². The third-order valence-corrected chi connectivity index (χ3v) is 4.44. The predicted molar refractivity (Wildman–Crippen MR) is 101 cm³/mol. The van der Waals surface area contributed by atoms with E-state index in [-0.39, 0.29) is 5.82 Å². The van der Waals surface area contributed by atoms with Crippen LogP contribution in [0.5, 0.6) is 0 Å². The maximum atomic E-state index is 14.1. The number of nitrogens with zero attached hydrogens (tertiary/aromatic N) is 3. The van der Waals surface area contributed by atoms with E-state index in [1.54, 1.807) is 16.8 Å². The molecular formula is C21H24FN3O. The summed E-state index contributed by atoms with van der Waals surface area (Å²) >= 11 is 0. The zero-order valence-corrected chi connectivity index (χ0v) is 15.1. The van der Waals surface area contributed by atoms with E-state index < -0.39 is 6.10 Å². The molecule has 3 aromatic rings. The zero-order chi connectivity index (χ0) is 18.5. The Bertz CT molecular complexity index is 847. The highest BCUT2D eigenvalue weighted by molar-refractivity contribution is 5.63. The van der Waals surface area contributed by atoms with Crippen molar-refractivity contribution in [2.45, 2.75) is 19.1 Å². The normalized spacial score (nSPS) is 12.5. The fraction of sp³-hybridized carbons (Fsp3) is 0.286. The molecule has 0 bridgehead atoms. The van der Waals surface area contributed by atoms with E-state index in [0.717, 1.165) is 17.7 Å². The Hall–Kier alpha value is -2.50. The van der Waals surface area contributed by atoms with E-state index in [1.165, 1.54) is 6.07 Å². The molecule has 1 aromatic heterocycles. The summed E-state index contributed by atoms with van der Waals surface area (Å²) in [5.41, 5.74) is 3.07. The molecule has 1 heterocycles. The van der Waals surface area contributed by atoms with Crippen molar-refractivity contribution in [2.24, 2.45) is 7.05 Å². The standard InChI is InChI=1S/C21H24FN3O/c1-24(13-12-20(26)16-8-4-3-5-9-16)14-17-15-25(2)23-21(17)18-10-6-7-11-19(18)22/h3-11,15,20,26H,12-14H2,1-2H3. The molecule has 1 atom stereocenters. The lowest BCUT2D eigenvalue weighted by Crippen LogP contribution is -2.21. The average Bonchev–Trinajstić information content (AvgIpc) is 3.00. The Morgan fingerprint density at radius 2 is 1.81 bits per heavy atom. The van der Waals surface area contributed by atoms with Crippen LogP contribution in [0.15, 0.2) is 60.8 Å². The first-order valence-electron chi connectivity index (χ1n) is 8.73. The maximum absolute atomic E-state index is 14.1. The van der Waals surface area contributed by atoms with E-state index >= 15 is 0 Å². The lowest BCUT2D eigenvalue weighted by Gasteiger charge is -2.19. The van der Waals surface area contributed by atoms with E-state index in [0.29, 0.717) is 24.2 Å². The topological polar surface area (TPSA) is 41.3 Å². The molecule has 0 aliphatic heterocycles. The largest absolute Gasteiger partial charge is 0.388 e. The number of halogens is 1. The highest BCUT2D eigenvalue weighted by Crippen LogP contribution is 2.26. The molecule has 0 saturated heterocycles. The summed E-state index contributed by atoms with van der Waals surface area (Å²) in [5, 5.41) is 14.8. The number of hydrogen-bond donors (Lipinski definition) is 1. The van der Waals surface area contributed by atoms with Crippen molar-refractivity contribution >= 4 is 0 Å². The fourth-order valence-corrected chi connectivity index (χ4v) is 3.09. The average molecular weight is 353 g/mol. The van der Waals surface area contributed by atoms with Crippen LogP contribution in [0.4, 0.5) is 4.39 Å². The predicted octanol–water partition coefficient (Wildman–Crippen LogP) is 3.78. The van der Waals surface area contributed by atoms with Crippen LogP contribution in [0.25, 0.3) is 11.3 Å². The van der Waals surface area contributed by atoms with Gasteiger partial charge in [0.15, 0.2) is 0 Å². The van der Waals surface area contributed by atoms with Gasteiger partial charge in [0, 0.05) is 37.5 Å². The molecular weight excluding hydrogens is 329 g/mol. The van der Waals surface area contributed by atoms with Crippen molar-refractivity contribution in [1.82, 2.24) is 14.7 Å². The molecule has 136 valence electrons. The number of aliphatic hydroxyl groups is 1. The molecule has 0 radical (unpaired) electrons. The summed E-state index contributed by atoms with van der Waals surface area (Å²) in [7, 11) is 3.84. The van der Waals surface area contributed by atoms with Crippen LogP contribution in [0, 0.1) is 5.82 Å². The van der Waals surface area contributed by atoms with Gasteiger partial charge in [-0.3, -0.25) is 4.68 Å². The van der Waals surface area contributed by atoms with Crippen LogP contribution >= 0.6 is 0 Å². The summed E-state index contributed by atoms with van der Waals surface area (Å²) < 4.78 is 15.9. The molecule has 0 aliphatic carbocycles. The summed E-state index contributed by atoms with van der Waals surface area (Å²) in [6.07, 6.45) is 2.07. The minimum absolute atomic E-state index is 0.269. The molecule has 5 heteroatoms. The Morgan fingerprint density at radius 3 is 2.54 bits per heavy atom. The number of rotatable bonds is 7. The van der Waals surface area contributed by atoms with Gasteiger partial charge in [-0.05, 0) is 31.2 Å². The molecule has 3 rings (SSSR count). The highest BCUT2D eigenvalue weighted by Gasteiger charge is 2.16. The van der Waals surface area contributed by atoms with Crippen LogP contribution in [0.2, 0.25) is 0 Å². The summed E-state index contributed by atoms with van der Waals surface area (Å²) in [4.78, 5) is 2.12. The van der Waals surface area contributed by atoms with Crippen LogP contribution in [0.3, 0.4) is 0 Å². The second-order valence-electron chi connectivity index (χ2n) is 6.61. The highest BCUT2D eigenvalue weighted by atomic mass is 19.1. The monoisotopic (exact) mass is 353 g/mol. The number of aryl methyl sites for hydroxylation is 1. The minimum atomic E-state index is -0.487. The minimum Gasteiger partial charge on any atom is -0.388 e. The van der Waals surface area contributed by atoms with Gasteiger partial charge in [-0.2, -0.15) is 5.10 Å². The van der Waals surface area contributed by atoms with Crippen molar-refractivity contribution in [2.75, 3.05) is 13.6 Å². The van der Waals surface area contributed by atoms with Gasteiger partial charge in [0.1, 0.15) is 5.82 Å². The number of aromatic nitrogens is 2. The van der Waals surface area contributed by atoms with Crippen molar-refractivity contribution in [3.63, 3.8) is 0 Å². The van der Waals surface area contributed by atoms with Gasteiger partial charge in [0.05, 0.1) is 11.8 Å². The molecule has 1 unspecified atom stereocenters. The van der Waals surface area contributed by atoms with Crippen LogP contribution in [-0.2, 0) is 13.6 Å². The van der Waals surface area contributed by atoms with E-state index in [4.69, 9.17) is 0 Å². The lowest BCUT2D eigenvalue weighted by atomic mass is 10.1.